The number of hydrogen-bond acceptors (Lipinski definition) is 3. The highest BCUT2D eigenvalue weighted by Crippen LogP contribution is 2.28. The Morgan fingerprint density at radius 1 is 1.25 bits per heavy atom. The average molecular weight is 275 g/mol. The first-order chi connectivity index (χ1) is 9.74. The highest BCUT2D eigenvalue weighted by molar-refractivity contribution is 5.92. The SMILES string of the molecule is O=C(c1cccc(=O)[nH]1)N(CC1CCCCN1)C1CC1. The molecule has 1 aliphatic heterocycles. The Morgan fingerprint density at radius 2 is 2.10 bits per heavy atom. The normalized spacial score (nSPS) is 22.5. The molecule has 5 heteroatoms. The number of carbonyl (C=O) groups excluding carboxylic acids is 1. The molecule has 0 radical (unpaired) electrons. The van der Waals surface area contributed by atoms with Gasteiger partial charge in [-0.1, -0.05) is 12.5 Å². The van der Waals surface area contributed by atoms with Gasteiger partial charge in [0.25, 0.3) is 5.91 Å². The summed E-state index contributed by atoms with van der Waals surface area (Å²) in [7, 11) is 0. The van der Waals surface area contributed by atoms with E-state index in [2.05, 4.69) is 10.3 Å². The Balaban J connectivity index is 1.72. The van der Waals surface area contributed by atoms with E-state index >= 15 is 0 Å². The number of aromatic amines is 1. The maximum Gasteiger partial charge on any atom is 0.270 e. The van der Waals surface area contributed by atoms with Crippen molar-refractivity contribution in [2.45, 2.75) is 44.2 Å². The molecule has 0 bridgehead atoms. The van der Waals surface area contributed by atoms with Crippen LogP contribution >= 0.6 is 0 Å². The Morgan fingerprint density at radius 3 is 2.75 bits per heavy atom. The zero-order chi connectivity index (χ0) is 13.9. The number of piperidine rings is 1. The Bertz CT molecular complexity index is 530. The molecule has 0 aromatic carbocycles. The first-order valence-electron chi connectivity index (χ1n) is 7.48. The lowest BCUT2D eigenvalue weighted by atomic mass is 10.0. The van der Waals surface area contributed by atoms with Crippen molar-refractivity contribution in [2.75, 3.05) is 13.1 Å². The van der Waals surface area contributed by atoms with Crippen LogP contribution in [0.4, 0.5) is 0 Å². The van der Waals surface area contributed by atoms with Crippen molar-refractivity contribution in [3.05, 3.63) is 34.2 Å². The predicted octanol–water partition coefficient (Wildman–Crippen LogP) is 1.12. The molecular weight excluding hydrogens is 254 g/mol. The van der Waals surface area contributed by atoms with Crippen LogP contribution in [0, 0.1) is 0 Å². The fraction of sp³-hybridized carbons (Fsp3) is 0.600. The zero-order valence-electron chi connectivity index (χ0n) is 11.6. The van der Waals surface area contributed by atoms with E-state index in [1.807, 2.05) is 4.90 Å². The molecule has 1 aromatic heterocycles. The molecule has 108 valence electrons. The fourth-order valence-corrected chi connectivity index (χ4v) is 2.83. The number of H-pyrrole nitrogens is 1. The standard InChI is InChI=1S/C15H21N3O2/c19-14-6-3-5-13(17-14)15(20)18(12-7-8-12)10-11-4-1-2-9-16-11/h3,5-6,11-12,16H,1-2,4,7-10H2,(H,17,19). The van der Waals surface area contributed by atoms with Gasteiger partial charge in [0.15, 0.2) is 0 Å². The zero-order valence-corrected chi connectivity index (χ0v) is 11.6. The molecule has 0 spiro atoms. The Kier molecular flexibility index (Phi) is 3.87. The third-order valence-corrected chi connectivity index (χ3v) is 4.08. The van der Waals surface area contributed by atoms with Crippen LogP contribution in [0.5, 0.6) is 0 Å². The molecule has 3 rings (SSSR count). The second-order valence-electron chi connectivity index (χ2n) is 5.76. The van der Waals surface area contributed by atoms with Gasteiger partial charge in [0, 0.05) is 24.7 Å². The van der Waals surface area contributed by atoms with Crippen LogP contribution < -0.4 is 10.9 Å². The molecule has 1 atom stereocenters. The van der Waals surface area contributed by atoms with Gasteiger partial charge in [-0.3, -0.25) is 9.59 Å². The number of hydrogen-bond donors (Lipinski definition) is 2. The molecule has 2 aliphatic rings. The molecule has 1 saturated heterocycles. The van der Waals surface area contributed by atoms with Crippen LogP contribution in [0.2, 0.25) is 0 Å². The highest BCUT2D eigenvalue weighted by atomic mass is 16.2. The largest absolute Gasteiger partial charge is 0.333 e. The number of amides is 1. The van der Waals surface area contributed by atoms with E-state index in [0.717, 1.165) is 32.4 Å². The quantitative estimate of drug-likeness (QED) is 0.865. The van der Waals surface area contributed by atoms with Crippen molar-refractivity contribution >= 4 is 5.91 Å². The van der Waals surface area contributed by atoms with Gasteiger partial charge in [-0.05, 0) is 38.3 Å². The summed E-state index contributed by atoms with van der Waals surface area (Å²) in [6.07, 6.45) is 5.74. The molecule has 1 aromatic rings. The van der Waals surface area contributed by atoms with Crippen LogP contribution in [0.1, 0.15) is 42.6 Å². The van der Waals surface area contributed by atoms with Crippen molar-refractivity contribution < 1.29 is 4.79 Å². The predicted molar refractivity (Wildman–Crippen MR) is 76.8 cm³/mol. The van der Waals surface area contributed by atoms with Crippen LogP contribution in [0.25, 0.3) is 0 Å². The summed E-state index contributed by atoms with van der Waals surface area (Å²) in [5, 5.41) is 3.48. The number of carbonyl (C=O) groups is 1. The van der Waals surface area contributed by atoms with Crippen molar-refractivity contribution in [1.29, 1.82) is 0 Å². The number of pyridine rings is 1. The summed E-state index contributed by atoms with van der Waals surface area (Å²) in [6, 6.07) is 5.50. The van der Waals surface area contributed by atoms with Gasteiger partial charge in [-0.2, -0.15) is 0 Å². The van der Waals surface area contributed by atoms with E-state index in [1.165, 1.54) is 18.9 Å². The van der Waals surface area contributed by atoms with E-state index in [0.29, 0.717) is 17.8 Å². The van der Waals surface area contributed by atoms with E-state index in [1.54, 1.807) is 12.1 Å². The van der Waals surface area contributed by atoms with Gasteiger partial charge in [0.2, 0.25) is 5.56 Å². The minimum absolute atomic E-state index is 0.0439. The summed E-state index contributed by atoms with van der Waals surface area (Å²) < 4.78 is 0. The van der Waals surface area contributed by atoms with Gasteiger partial charge in [0.05, 0.1) is 0 Å². The van der Waals surface area contributed by atoms with Crippen LogP contribution in [0.15, 0.2) is 23.0 Å². The number of nitrogens with one attached hydrogen (secondary N) is 2. The van der Waals surface area contributed by atoms with E-state index in [4.69, 9.17) is 0 Å². The second kappa shape index (κ2) is 5.79. The Hall–Kier alpha value is -1.62. The summed E-state index contributed by atoms with van der Waals surface area (Å²) in [6.45, 7) is 1.79. The minimum Gasteiger partial charge on any atom is -0.333 e. The lowest BCUT2D eigenvalue weighted by Crippen LogP contribution is -2.47. The number of nitrogens with zero attached hydrogens (tertiary/aromatic N) is 1. The molecule has 20 heavy (non-hydrogen) atoms. The van der Waals surface area contributed by atoms with Gasteiger partial charge < -0.3 is 15.2 Å². The first kappa shape index (κ1) is 13.4. The molecule has 1 aliphatic carbocycles. The summed E-state index contributed by atoms with van der Waals surface area (Å²) in [5.41, 5.74) is 0.183. The lowest BCUT2D eigenvalue weighted by Gasteiger charge is -2.30. The number of rotatable bonds is 4. The van der Waals surface area contributed by atoms with Crippen LogP contribution in [-0.2, 0) is 0 Å². The second-order valence-corrected chi connectivity index (χ2v) is 5.76. The maximum atomic E-state index is 12.6. The fourth-order valence-electron chi connectivity index (χ4n) is 2.83. The van der Waals surface area contributed by atoms with Crippen molar-refractivity contribution in [3.63, 3.8) is 0 Å². The van der Waals surface area contributed by atoms with Crippen molar-refractivity contribution in [2.24, 2.45) is 0 Å². The highest BCUT2D eigenvalue weighted by Gasteiger charge is 2.34. The summed E-state index contributed by atoms with van der Waals surface area (Å²) in [5.74, 6) is -0.0439. The van der Waals surface area contributed by atoms with E-state index in [9.17, 15) is 9.59 Å². The molecule has 2 N–H and O–H groups in total. The van der Waals surface area contributed by atoms with Gasteiger partial charge in [-0.15, -0.1) is 0 Å². The van der Waals surface area contributed by atoms with Gasteiger partial charge in [-0.25, -0.2) is 0 Å². The molecule has 1 saturated carbocycles. The average Bonchev–Trinajstić information content (AvgIpc) is 3.30. The van der Waals surface area contributed by atoms with Gasteiger partial charge >= 0.3 is 0 Å². The maximum absolute atomic E-state index is 12.6. The molecule has 1 unspecified atom stereocenters. The Labute approximate surface area is 118 Å². The first-order valence-corrected chi connectivity index (χ1v) is 7.48. The van der Waals surface area contributed by atoms with Crippen LogP contribution in [0.3, 0.4) is 0 Å². The van der Waals surface area contributed by atoms with Gasteiger partial charge in [0.1, 0.15) is 5.69 Å². The minimum atomic E-state index is -0.220. The van der Waals surface area contributed by atoms with E-state index in [-0.39, 0.29) is 11.5 Å². The molecule has 1 amide bonds. The number of aromatic nitrogens is 1. The molecule has 2 heterocycles. The topological polar surface area (TPSA) is 65.2 Å². The monoisotopic (exact) mass is 275 g/mol. The van der Waals surface area contributed by atoms with Crippen molar-refractivity contribution in [3.8, 4) is 0 Å². The van der Waals surface area contributed by atoms with Crippen LogP contribution in [-0.4, -0.2) is 41.0 Å². The summed E-state index contributed by atoms with van der Waals surface area (Å²) >= 11 is 0. The molecule has 2 fully saturated rings. The summed E-state index contributed by atoms with van der Waals surface area (Å²) in [4.78, 5) is 28.5. The van der Waals surface area contributed by atoms with E-state index < -0.39 is 0 Å². The third-order valence-electron chi connectivity index (χ3n) is 4.08. The third kappa shape index (κ3) is 3.10. The molecule has 5 nitrogen and oxygen atoms in total. The smallest absolute Gasteiger partial charge is 0.270 e. The lowest BCUT2D eigenvalue weighted by molar-refractivity contribution is 0.0711. The van der Waals surface area contributed by atoms with Crippen molar-refractivity contribution in [1.82, 2.24) is 15.2 Å². The molecular formula is C15H21N3O2.